The molecular weight excluding hydrogens is 298 g/mol. The zero-order valence-electron chi connectivity index (χ0n) is 10.5. The summed E-state index contributed by atoms with van der Waals surface area (Å²) in [7, 11) is 0. The maximum Gasteiger partial charge on any atom is 0.441 e. The monoisotopic (exact) mass is 313 g/mol. The molecule has 0 saturated carbocycles. The third kappa shape index (κ3) is 8.23. The highest BCUT2D eigenvalue weighted by molar-refractivity contribution is 8.00. The minimum atomic E-state index is -4.23. The van der Waals surface area contributed by atoms with Crippen molar-refractivity contribution < 1.29 is 27.4 Å². The van der Waals surface area contributed by atoms with Crippen LogP contribution >= 0.6 is 11.8 Å². The number of benzene rings is 1. The van der Waals surface area contributed by atoms with E-state index >= 15 is 0 Å². The summed E-state index contributed by atoms with van der Waals surface area (Å²) < 4.78 is 53.3. The molecule has 0 aliphatic rings. The number of aliphatic hydroxyl groups is 1. The number of ether oxygens (including phenoxy) is 1. The van der Waals surface area contributed by atoms with E-state index in [-0.39, 0.29) is 43.0 Å². The molecule has 2 N–H and O–H groups in total. The van der Waals surface area contributed by atoms with Gasteiger partial charge in [-0.3, -0.25) is 0 Å². The van der Waals surface area contributed by atoms with E-state index in [1.165, 1.54) is 24.3 Å². The average molecular weight is 313 g/mol. The Balaban J connectivity index is 2.08. The molecule has 0 aliphatic heterocycles. The Morgan fingerprint density at radius 3 is 2.50 bits per heavy atom. The van der Waals surface area contributed by atoms with Crippen molar-refractivity contribution in [3.8, 4) is 5.75 Å². The van der Waals surface area contributed by atoms with E-state index in [2.05, 4.69) is 5.32 Å². The highest BCUT2D eigenvalue weighted by Gasteiger charge is 2.27. The number of alkyl halides is 3. The Kier molecular flexibility index (Phi) is 7.11. The highest BCUT2D eigenvalue weighted by atomic mass is 32.2. The molecule has 0 bridgehead atoms. The van der Waals surface area contributed by atoms with Gasteiger partial charge in [-0.15, -0.1) is 0 Å². The fourth-order valence-corrected chi connectivity index (χ4v) is 1.77. The van der Waals surface area contributed by atoms with Gasteiger partial charge in [-0.1, -0.05) is 0 Å². The summed E-state index contributed by atoms with van der Waals surface area (Å²) in [5.41, 5.74) is -4.23. The molecular formula is C12H15F4NO2S. The van der Waals surface area contributed by atoms with Crippen molar-refractivity contribution in [1.29, 1.82) is 0 Å². The second-order valence-corrected chi connectivity index (χ2v) is 5.08. The molecule has 0 aliphatic carbocycles. The van der Waals surface area contributed by atoms with Crippen LogP contribution in [0.4, 0.5) is 17.6 Å². The summed E-state index contributed by atoms with van der Waals surface area (Å²) in [5.74, 6) is -0.0884. The predicted octanol–water partition coefficient (Wildman–Crippen LogP) is 2.41. The number of halogens is 4. The average Bonchev–Trinajstić information content (AvgIpc) is 2.36. The van der Waals surface area contributed by atoms with Gasteiger partial charge < -0.3 is 15.2 Å². The molecule has 1 aromatic carbocycles. The number of hydrogen-bond acceptors (Lipinski definition) is 4. The van der Waals surface area contributed by atoms with E-state index in [1.807, 2.05) is 0 Å². The summed E-state index contributed by atoms with van der Waals surface area (Å²) >= 11 is -0.114. The van der Waals surface area contributed by atoms with Gasteiger partial charge in [-0.05, 0) is 36.0 Å². The normalized spacial score (nSPS) is 13.2. The molecule has 114 valence electrons. The molecule has 0 heterocycles. The molecule has 1 unspecified atom stereocenters. The minimum absolute atomic E-state index is 0.0228. The Labute approximate surface area is 118 Å². The second kappa shape index (κ2) is 8.33. The van der Waals surface area contributed by atoms with Crippen molar-refractivity contribution in [2.75, 3.05) is 25.4 Å². The minimum Gasteiger partial charge on any atom is -0.491 e. The largest absolute Gasteiger partial charge is 0.491 e. The second-order valence-electron chi connectivity index (χ2n) is 3.92. The van der Waals surface area contributed by atoms with Gasteiger partial charge in [0.15, 0.2) is 0 Å². The fraction of sp³-hybridized carbons (Fsp3) is 0.500. The first-order chi connectivity index (χ1) is 9.37. The van der Waals surface area contributed by atoms with Crippen molar-refractivity contribution in [2.45, 2.75) is 11.6 Å². The summed E-state index contributed by atoms with van der Waals surface area (Å²) in [6.07, 6.45) is -0.851. The molecule has 0 amide bonds. The fourth-order valence-electron chi connectivity index (χ4n) is 1.29. The molecule has 0 aromatic heterocycles. The van der Waals surface area contributed by atoms with Crippen LogP contribution in [0, 0.1) is 5.82 Å². The van der Waals surface area contributed by atoms with Gasteiger partial charge in [0.2, 0.25) is 0 Å². The lowest BCUT2D eigenvalue weighted by Crippen LogP contribution is -2.32. The zero-order chi connectivity index (χ0) is 15.0. The van der Waals surface area contributed by atoms with Crippen LogP contribution in [-0.4, -0.2) is 42.2 Å². The number of aliphatic hydroxyl groups excluding tert-OH is 1. The van der Waals surface area contributed by atoms with Crippen LogP contribution < -0.4 is 10.1 Å². The van der Waals surface area contributed by atoms with E-state index < -0.39 is 11.6 Å². The maximum absolute atomic E-state index is 12.6. The number of rotatable bonds is 8. The Hall–Kier alpha value is -0.990. The van der Waals surface area contributed by atoms with Gasteiger partial charge in [0, 0.05) is 18.8 Å². The first-order valence-electron chi connectivity index (χ1n) is 5.84. The third-order valence-corrected chi connectivity index (χ3v) is 2.92. The lowest BCUT2D eigenvalue weighted by Gasteiger charge is -2.13. The third-order valence-electron chi connectivity index (χ3n) is 2.18. The molecule has 3 nitrogen and oxygen atoms in total. The molecule has 0 radical (unpaired) electrons. The number of nitrogens with one attached hydrogen (secondary N) is 1. The lowest BCUT2D eigenvalue weighted by atomic mass is 10.3. The Morgan fingerprint density at radius 2 is 1.90 bits per heavy atom. The van der Waals surface area contributed by atoms with E-state index in [0.29, 0.717) is 5.75 Å². The molecule has 0 saturated heterocycles. The molecule has 1 atom stereocenters. The van der Waals surface area contributed by atoms with Gasteiger partial charge in [-0.25, -0.2) is 4.39 Å². The molecule has 20 heavy (non-hydrogen) atoms. The van der Waals surface area contributed by atoms with Crippen LogP contribution in [0.15, 0.2) is 24.3 Å². The zero-order valence-corrected chi connectivity index (χ0v) is 11.3. The van der Waals surface area contributed by atoms with Crippen molar-refractivity contribution in [2.24, 2.45) is 0 Å². The maximum atomic E-state index is 12.6. The first kappa shape index (κ1) is 17.1. The van der Waals surface area contributed by atoms with Gasteiger partial charge >= 0.3 is 5.51 Å². The highest BCUT2D eigenvalue weighted by Crippen LogP contribution is 2.29. The number of hydrogen-bond donors (Lipinski definition) is 2. The molecule has 8 heteroatoms. The van der Waals surface area contributed by atoms with E-state index in [4.69, 9.17) is 4.74 Å². The lowest BCUT2D eigenvalue weighted by molar-refractivity contribution is -0.0327. The van der Waals surface area contributed by atoms with Gasteiger partial charge in [-0.2, -0.15) is 13.2 Å². The van der Waals surface area contributed by atoms with Gasteiger partial charge in [0.25, 0.3) is 0 Å². The summed E-state index contributed by atoms with van der Waals surface area (Å²) in [6.45, 7) is 0.239. The van der Waals surface area contributed by atoms with Gasteiger partial charge in [0.05, 0.1) is 0 Å². The van der Waals surface area contributed by atoms with Crippen LogP contribution in [0.3, 0.4) is 0 Å². The molecule has 0 fully saturated rings. The van der Waals surface area contributed by atoms with E-state index in [1.54, 1.807) is 0 Å². The molecule has 0 spiro atoms. The van der Waals surface area contributed by atoms with Crippen LogP contribution in [-0.2, 0) is 0 Å². The van der Waals surface area contributed by atoms with Crippen molar-refractivity contribution in [3.63, 3.8) is 0 Å². The quantitative estimate of drug-likeness (QED) is 0.571. The smallest absolute Gasteiger partial charge is 0.441 e. The summed E-state index contributed by atoms with van der Waals surface area (Å²) in [6, 6.07) is 5.31. The van der Waals surface area contributed by atoms with Gasteiger partial charge in [0.1, 0.15) is 24.3 Å². The van der Waals surface area contributed by atoms with Crippen molar-refractivity contribution in [3.05, 3.63) is 30.1 Å². The molecule has 1 rings (SSSR count). The molecule has 1 aromatic rings. The number of thioether (sulfide) groups is 1. The Bertz CT molecular complexity index is 386. The standard InChI is InChI=1S/C12H15F4NO2S/c13-9-1-3-11(4-2-9)19-8-10(18)7-17-5-6-20-12(14,15)16/h1-4,10,17-18H,5-8H2. The SMILES string of the molecule is OC(CNCCSC(F)(F)F)COc1ccc(F)cc1. The van der Waals surface area contributed by atoms with Crippen LogP contribution in [0.5, 0.6) is 5.75 Å². The summed E-state index contributed by atoms with van der Waals surface area (Å²) in [5, 5.41) is 12.2. The van der Waals surface area contributed by atoms with Crippen molar-refractivity contribution >= 4 is 11.8 Å². The first-order valence-corrected chi connectivity index (χ1v) is 6.83. The van der Waals surface area contributed by atoms with E-state index in [0.717, 1.165) is 0 Å². The van der Waals surface area contributed by atoms with Crippen LogP contribution in [0.25, 0.3) is 0 Å². The summed E-state index contributed by atoms with van der Waals surface area (Å²) in [4.78, 5) is 0. The van der Waals surface area contributed by atoms with E-state index in [9.17, 15) is 22.7 Å². The Morgan fingerprint density at radius 1 is 1.25 bits per heavy atom. The van der Waals surface area contributed by atoms with Crippen LogP contribution in [0.2, 0.25) is 0 Å². The topological polar surface area (TPSA) is 41.5 Å². The van der Waals surface area contributed by atoms with Crippen LogP contribution in [0.1, 0.15) is 0 Å². The van der Waals surface area contributed by atoms with Crippen molar-refractivity contribution in [1.82, 2.24) is 5.32 Å². The predicted molar refractivity (Wildman–Crippen MR) is 69.3 cm³/mol.